The number of carbonyl (C=O) groups excluding carboxylic acids is 1. The van der Waals surface area contributed by atoms with E-state index < -0.39 is 16.6 Å². The van der Waals surface area contributed by atoms with E-state index in [9.17, 15) is 14.9 Å². The topological polar surface area (TPSA) is 94.4 Å². The number of aromatic nitrogens is 1. The predicted molar refractivity (Wildman–Crippen MR) is 79.7 cm³/mol. The van der Waals surface area contributed by atoms with Crippen LogP contribution in [0.3, 0.4) is 0 Å². The summed E-state index contributed by atoms with van der Waals surface area (Å²) in [6.07, 6.45) is 1.28. The zero-order valence-electron chi connectivity index (χ0n) is 11.4. The molecule has 0 atom stereocenters. The predicted octanol–water partition coefficient (Wildman–Crippen LogP) is 2.34. The minimum absolute atomic E-state index is 0.0471. The largest absolute Gasteiger partial charge is 0.476 e. The van der Waals surface area contributed by atoms with Gasteiger partial charge in [0.05, 0.1) is 0 Å². The molecule has 0 bridgehead atoms. The maximum atomic E-state index is 11.7. The Labute approximate surface area is 131 Å². The molecule has 1 aromatic heterocycles. The number of benzene rings is 1. The van der Waals surface area contributed by atoms with E-state index in [0.717, 1.165) is 5.56 Å². The van der Waals surface area contributed by atoms with Crippen LogP contribution in [0.4, 0.5) is 5.82 Å². The lowest BCUT2D eigenvalue weighted by molar-refractivity contribution is -0.390. The lowest BCUT2D eigenvalue weighted by Gasteiger charge is -2.07. The van der Waals surface area contributed by atoms with Gasteiger partial charge in [0.25, 0.3) is 5.91 Å². The molecule has 0 unspecified atom stereocenters. The third kappa shape index (κ3) is 4.42. The average Bonchev–Trinajstić information content (AvgIpc) is 2.52. The molecule has 0 radical (unpaired) electrons. The van der Waals surface area contributed by atoms with Crippen LogP contribution in [0, 0.1) is 10.1 Å². The number of nitro groups is 1. The molecule has 0 saturated carbocycles. The monoisotopic (exact) mass is 321 g/mol. The number of ether oxygens (including phenoxy) is 1. The highest BCUT2D eigenvalue weighted by Gasteiger charge is 2.16. The van der Waals surface area contributed by atoms with Gasteiger partial charge in [0.2, 0.25) is 5.75 Å². The van der Waals surface area contributed by atoms with Crippen LogP contribution < -0.4 is 10.1 Å². The standard InChI is InChI=1S/C14H12ClN3O4/c15-11-5-3-10(4-6-11)8-17-13(19)9-22-12-2-1-7-16-14(12)18(20)21/h1-7H,8-9H2,(H,17,19). The number of nitrogens with one attached hydrogen (secondary N) is 1. The van der Waals surface area contributed by atoms with Gasteiger partial charge in [0.15, 0.2) is 6.61 Å². The molecule has 114 valence electrons. The third-order valence-electron chi connectivity index (χ3n) is 2.69. The summed E-state index contributed by atoms with van der Waals surface area (Å²) in [6, 6.07) is 9.90. The fourth-order valence-electron chi connectivity index (χ4n) is 1.63. The van der Waals surface area contributed by atoms with Gasteiger partial charge in [-0.1, -0.05) is 23.7 Å². The molecule has 1 N–H and O–H groups in total. The van der Waals surface area contributed by atoms with Crippen LogP contribution in [0.15, 0.2) is 42.6 Å². The first-order valence-corrected chi connectivity index (χ1v) is 6.67. The van der Waals surface area contributed by atoms with Crippen LogP contribution >= 0.6 is 11.6 Å². The van der Waals surface area contributed by atoms with Crippen molar-refractivity contribution in [3.8, 4) is 5.75 Å². The lowest BCUT2D eigenvalue weighted by Crippen LogP contribution is -2.28. The molecule has 0 aliphatic heterocycles. The SMILES string of the molecule is O=C(COc1cccnc1[N+](=O)[O-])NCc1ccc(Cl)cc1. The first kappa shape index (κ1) is 15.7. The Bertz CT molecular complexity index is 676. The Morgan fingerprint density at radius 3 is 2.73 bits per heavy atom. The van der Waals surface area contributed by atoms with E-state index in [1.165, 1.54) is 18.3 Å². The summed E-state index contributed by atoms with van der Waals surface area (Å²) in [5.41, 5.74) is 0.880. The number of hydrogen-bond acceptors (Lipinski definition) is 5. The van der Waals surface area contributed by atoms with Crippen molar-refractivity contribution in [2.75, 3.05) is 6.61 Å². The van der Waals surface area contributed by atoms with Crippen molar-refractivity contribution >= 4 is 23.3 Å². The van der Waals surface area contributed by atoms with Crippen LogP contribution in [0.5, 0.6) is 5.75 Å². The summed E-state index contributed by atoms with van der Waals surface area (Å²) in [5.74, 6) is -0.866. The molecule has 8 heteroatoms. The Balaban J connectivity index is 1.85. The zero-order chi connectivity index (χ0) is 15.9. The summed E-state index contributed by atoms with van der Waals surface area (Å²) in [4.78, 5) is 25.4. The number of rotatable bonds is 6. The smallest absolute Gasteiger partial charge is 0.406 e. The van der Waals surface area contributed by atoms with E-state index >= 15 is 0 Å². The normalized spacial score (nSPS) is 10.0. The quantitative estimate of drug-likeness (QED) is 0.651. The lowest BCUT2D eigenvalue weighted by atomic mass is 10.2. The molecule has 2 rings (SSSR count). The van der Waals surface area contributed by atoms with Crippen molar-refractivity contribution < 1.29 is 14.5 Å². The molecule has 0 spiro atoms. The highest BCUT2D eigenvalue weighted by Crippen LogP contribution is 2.22. The first-order valence-electron chi connectivity index (χ1n) is 6.29. The highest BCUT2D eigenvalue weighted by molar-refractivity contribution is 6.30. The van der Waals surface area contributed by atoms with Gasteiger partial charge in [-0.3, -0.25) is 4.79 Å². The van der Waals surface area contributed by atoms with E-state index in [0.29, 0.717) is 11.6 Å². The van der Waals surface area contributed by atoms with Gasteiger partial charge < -0.3 is 20.2 Å². The highest BCUT2D eigenvalue weighted by atomic mass is 35.5. The van der Waals surface area contributed by atoms with E-state index in [4.69, 9.17) is 16.3 Å². The number of pyridine rings is 1. The molecule has 0 saturated heterocycles. The van der Waals surface area contributed by atoms with Gasteiger partial charge in [-0.05, 0) is 39.7 Å². The van der Waals surface area contributed by atoms with E-state index in [-0.39, 0.29) is 12.4 Å². The molecule has 0 aliphatic carbocycles. The fraction of sp³-hybridized carbons (Fsp3) is 0.143. The second kappa shape index (κ2) is 7.37. The molecule has 1 heterocycles. The maximum absolute atomic E-state index is 11.7. The van der Waals surface area contributed by atoms with E-state index in [1.807, 2.05) is 0 Å². The van der Waals surface area contributed by atoms with Crippen molar-refractivity contribution in [1.82, 2.24) is 10.3 Å². The van der Waals surface area contributed by atoms with Gasteiger partial charge in [-0.2, -0.15) is 0 Å². The Morgan fingerprint density at radius 1 is 1.32 bits per heavy atom. The molecular weight excluding hydrogens is 310 g/mol. The van der Waals surface area contributed by atoms with Crippen LogP contribution in [0.1, 0.15) is 5.56 Å². The van der Waals surface area contributed by atoms with E-state index in [1.54, 1.807) is 24.3 Å². The van der Waals surface area contributed by atoms with Gasteiger partial charge >= 0.3 is 5.82 Å². The molecule has 22 heavy (non-hydrogen) atoms. The van der Waals surface area contributed by atoms with Crippen molar-refractivity contribution in [2.45, 2.75) is 6.54 Å². The molecule has 0 fully saturated rings. The maximum Gasteiger partial charge on any atom is 0.406 e. The first-order chi connectivity index (χ1) is 10.6. The number of halogens is 1. The van der Waals surface area contributed by atoms with Gasteiger partial charge in [0.1, 0.15) is 6.20 Å². The van der Waals surface area contributed by atoms with Crippen LogP contribution in [-0.2, 0) is 11.3 Å². The van der Waals surface area contributed by atoms with Crippen molar-refractivity contribution in [2.24, 2.45) is 0 Å². The molecule has 2 aromatic rings. The van der Waals surface area contributed by atoms with Crippen molar-refractivity contribution in [3.63, 3.8) is 0 Å². The van der Waals surface area contributed by atoms with Gasteiger partial charge in [0, 0.05) is 11.6 Å². The Morgan fingerprint density at radius 2 is 2.05 bits per heavy atom. The number of nitrogens with zero attached hydrogens (tertiary/aromatic N) is 2. The van der Waals surface area contributed by atoms with E-state index in [2.05, 4.69) is 10.3 Å². The zero-order valence-corrected chi connectivity index (χ0v) is 12.1. The second-order valence-electron chi connectivity index (χ2n) is 4.27. The molecular formula is C14H12ClN3O4. The summed E-state index contributed by atoms with van der Waals surface area (Å²) < 4.78 is 5.13. The van der Waals surface area contributed by atoms with Gasteiger partial charge in [-0.25, -0.2) is 0 Å². The van der Waals surface area contributed by atoms with Crippen molar-refractivity contribution in [1.29, 1.82) is 0 Å². The average molecular weight is 322 g/mol. The van der Waals surface area contributed by atoms with Crippen LogP contribution in [0.2, 0.25) is 5.02 Å². The van der Waals surface area contributed by atoms with Gasteiger partial charge in [-0.15, -0.1) is 0 Å². The third-order valence-corrected chi connectivity index (χ3v) is 2.94. The summed E-state index contributed by atoms with van der Waals surface area (Å²) in [6.45, 7) is -0.0192. The summed E-state index contributed by atoms with van der Waals surface area (Å²) in [5, 5.41) is 14.0. The second-order valence-corrected chi connectivity index (χ2v) is 4.71. The summed E-state index contributed by atoms with van der Waals surface area (Å²) >= 11 is 5.76. The Kier molecular flexibility index (Phi) is 5.26. The molecule has 0 aliphatic rings. The van der Waals surface area contributed by atoms with Crippen LogP contribution in [-0.4, -0.2) is 22.4 Å². The van der Waals surface area contributed by atoms with Crippen LogP contribution in [0.25, 0.3) is 0 Å². The fourth-order valence-corrected chi connectivity index (χ4v) is 1.76. The molecule has 1 amide bonds. The molecule has 1 aromatic carbocycles. The number of carbonyl (C=O) groups is 1. The number of hydrogen-bond donors (Lipinski definition) is 1. The molecule has 7 nitrogen and oxygen atoms in total. The van der Waals surface area contributed by atoms with Crippen molar-refractivity contribution in [3.05, 3.63) is 63.3 Å². The number of amides is 1. The minimum atomic E-state index is -0.666. The Hall–Kier alpha value is -2.67. The summed E-state index contributed by atoms with van der Waals surface area (Å²) in [7, 11) is 0. The minimum Gasteiger partial charge on any atom is -0.476 e.